The van der Waals surface area contributed by atoms with Gasteiger partial charge >= 0.3 is 0 Å². The molecule has 0 radical (unpaired) electrons. The van der Waals surface area contributed by atoms with Crippen LogP contribution >= 0.6 is 0 Å². The molecule has 2 N–H and O–H groups in total. The third kappa shape index (κ3) is 4.24. The zero-order chi connectivity index (χ0) is 18.3. The van der Waals surface area contributed by atoms with Crippen LogP contribution in [0.5, 0.6) is 17.2 Å². The maximum atomic E-state index is 6.38. The fraction of sp³-hybridized carbons (Fsp3) is 0.400. The van der Waals surface area contributed by atoms with E-state index in [1.54, 1.807) is 14.2 Å². The standard InChI is InChI=1S/C20H27NO4/c1-5-24-16-12-10-15(11-13-16)20(2,19(14-21)23-4)25-18-9-7-6-8-17(18)22-3/h6-13,19H,5,14,21H2,1-4H3. The van der Waals surface area contributed by atoms with Gasteiger partial charge in [-0.3, -0.25) is 0 Å². The minimum atomic E-state index is -0.789. The van der Waals surface area contributed by atoms with E-state index in [4.69, 9.17) is 24.7 Å². The van der Waals surface area contributed by atoms with Crippen LogP contribution < -0.4 is 19.9 Å². The van der Waals surface area contributed by atoms with Crippen molar-refractivity contribution in [2.24, 2.45) is 5.73 Å². The molecule has 0 bridgehead atoms. The molecule has 2 rings (SSSR count). The zero-order valence-corrected chi connectivity index (χ0v) is 15.3. The molecule has 25 heavy (non-hydrogen) atoms. The Hall–Kier alpha value is -2.24. The highest BCUT2D eigenvalue weighted by atomic mass is 16.6. The van der Waals surface area contributed by atoms with Crippen molar-refractivity contribution in [2.75, 3.05) is 27.4 Å². The summed E-state index contributed by atoms with van der Waals surface area (Å²) in [5.41, 5.74) is 6.10. The number of hydrogen-bond acceptors (Lipinski definition) is 5. The minimum absolute atomic E-state index is 0.315. The van der Waals surface area contributed by atoms with Crippen LogP contribution in [0.25, 0.3) is 0 Å². The molecule has 5 heteroatoms. The van der Waals surface area contributed by atoms with Gasteiger partial charge in [-0.25, -0.2) is 0 Å². The van der Waals surface area contributed by atoms with E-state index in [2.05, 4.69) is 0 Å². The number of rotatable bonds is 9. The van der Waals surface area contributed by atoms with E-state index < -0.39 is 5.60 Å². The summed E-state index contributed by atoms with van der Waals surface area (Å²) in [6.45, 7) is 4.86. The normalized spacial score (nSPS) is 14.4. The van der Waals surface area contributed by atoms with Gasteiger partial charge in [-0.1, -0.05) is 24.3 Å². The summed E-state index contributed by atoms with van der Waals surface area (Å²) in [5.74, 6) is 2.11. The SMILES string of the molecule is CCOc1ccc(C(C)(Oc2ccccc2OC)C(CN)OC)cc1. The molecular weight excluding hydrogens is 318 g/mol. The fourth-order valence-corrected chi connectivity index (χ4v) is 2.84. The summed E-state index contributed by atoms with van der Waals surface area (Å²) in [4.78, 5) is 0. The van der Waals surface area contributed by atoms with Crippen molar-refractivity contribution in [3.8, 4) is 17.2 Å². The summed E-state index contributed by atoms with van der Waals surface area (Å²) in [7, 11) is 3.25. The minimum Gasteiger partial charge on any atom is -0.494 e. The van der Waals surface area contributed by atoms with E-state index in [9.17, 15) is 0 Å². The molecular formula is C20H27NO4. The first kappa shape index (κ1) is 19.1. The molecule has 0 spiro atoms. The van der Waals surface area contributed by atoms with Crippen molar-refractivity contribution in [3.63, 3.8) is 0 Å². The third-order valence-electron chi connectivity index (χ3n) is 4.24. The summed E-state index contributed by atoms with van der Waals surface area (Å²) < 4.78 is 22.9. The second-order valence-corrected chi connectivity index (χ2v) is 5.78. The van der Waals surface area contributed by atoms with Gasteiger partial charge in [0.1, 0.15) is 11.9 Å². The van der Waals surface area contributed by atoms with Crippen molar-refractivity contribution in [3.05, 3.63) is 54.1 Å². The molecule has 0 heterocycles. The lowest BCUT2D eigenvalue weighted by molar-refractivity contribution is -0.0646. The predicted octanol–water partition coefficient (Wildman–Crippen LogP) is 3.36. The third-order valence-corrected chi connectivity index (χ3v) is 4.24. The van der Waals surface area contributed by atoms with E-state index >= 15 is 0 Å². The van der Waals surface area contributed by atoms with Crippen molar-refractivity contribution in [2.45, 2.75) is 25.6 Å². The van der Waals surface area contributed by atoms with Crippen LogP contribution in [0, 0.1) is 0 Å². The van der Waals surface area contributed by atoms with E-state index in [0.29, 0.717) is 24.7 Å². The molecule has 0 aliphatic carbocycles. The molecule has 0 saturated carbocycles. The Kier molecular flexibility index (Phi) is 6.67. The lowest BCUT2D eigenvalue weighted by Crippen LogP contribution is -2.47. The van der Waals surface area contributed by atoms with Crippen LogP contribution in [0.3, 0.4) is 0 Å². The molecule has 0 aromatic heterocycles. The summed E-state index contributed by atoms with van der Waals surface area (Å²) in [6.07, 6.45) is -0.338. The van der Waals surface area contributed by atoms with Crippen LogP contribution in [-0.4, -0.2) is 33.5 Å². The molecule has 2 aromatic rings. The number of benzene rings is 2. The van der Waals surface area contributed by atoms with Crippen molar-refractivity contribution < 1.29 is 18.9 Å². The predicted molar refractivity (Wildman–Crippen MR) is 98.4 cm³/mol. The van der Waals surface area contributed by atoms with Gasteiger partial charge in [0.15, 0.2) is 17.1 Å². The number of ether oxygens (including phenoxy) is 4. The number of methoxy groups -OCH3 is 2. The fourth-order valence-electron chi connectivity index (χ4n) is 2.84. The highest BCUT2D eigenvalue weighted by molar-refractivity contribution is 5.41. The molecule has 2 unspecified atom stereocenters. The summed E-state index contributed by atoms with van der Waals surface area (Å²) in [6, 6.07) is 15.3. The van der Waals surface area contributed by atoms with Crippen molar-refractivity contribution >= 4 is 0 Å². The largest absolute Gasteiger partial charge is 0.494 e. The summed E-state index contributed by atoms with van der Waals surface area (Å²) in [5, 5.41) is 0. The van der Waals surface area contributed by atoms with E-state index in [-0.39, 0.29) is 6.10 Å². The first-order valence-corrected chi connectivity index (χ1v) is 8.37. The van der Waals surface area contributed by atoms with Gasteiger partial charge in [0, 0.05) is 13.7 Å². The van der Waals surface area contributed by atoms with Crippen LogP contribution in [0.4, 0.5) is 0 Å². The highest BCUT2D eigenvalue weighted by Gasteiger charge is 2.38. The number of nitrogens with two attached hydrogens (primary N) is 1. The monoisotopic (exact) mass is 345 g/mol. The zero-order valence-electron chi connectivity index (χ0n) is 15.3. The summed E-state index contributed by atoms with van der Waals surface area (Å²) >= 11 is 0. The van der Waals surface area contributed by atoms with Gasteiger partial charge < -0.3 is 24.7 Å². The Morgan fingerprint density at radius 1 is 1.00 bits per heavy atom. The molecule has 2 atom stereocenters. The number of para-hydroxylation sites is 2. The second-order valence-electron chi connectivity index (χ2n) is 5.78. The number of hydrogen-bond donors (Lipinski definition) is 1. The maximum absolute atomic E-state index is 6.38. The van der Waals surface area contributed by atoms with E-state index in [1.807, 2.05) is 62.4 Å². The Balaban J connectivity index is 2.43. The lowest BCUT2D eigenvalue weighted by Gasteiger charge is -2.37. The second kappa shape index (κ2) is 8.74. The molecule has 0 fully saturated rings. The highest BCUT2D eigenvalue weighted by Crippen LogP contribution is 2.37. The molecule has 2 aromatic carbocycles. The molecule has 0 amide bonds. The Bertz CT molecular complexity index is 655. The first-order valence-electron chi connectivity index (χ1n) is 8.37. The molecule has 136 valence electrons. The average Bonchev–Trinajstić information content (AvgIpc) is 2.64. The van der Waals surface area contributed by atoms with Gasteiger partial charge in [0.2, 0.25) is 0 Å². The van der Waals surface area contributed by atoms with Crippen molar-refractivity contribution in [1.29, 1.82) is 0 Å². The quantitative estimate of drug-likeness (QED) is 0.755. The molecule has 0 aliphatic heterocycles. The van der Waals surface area contributed by atoms with Gasteiger partial charge in [0.05, 0.1) is 13.7 Å². The Labute approximate surface area is 149 Å². The Morgan fingerprint density at radius 3 is 2.16 bits per heavy atom. The van der Waals surface area contributed by atoms with Gasteiger partial charge in [0.25, 0.3) is 0 Å². The molecule has 5 nitrogen and oxygen atoms in total. The van der Waals surface area contributed by atoms with E-state index in [1.165, 1.54) is 0 Å². The van der Waals surface area contributed by atoms with Crippen LogP contribution in [0.1, 0.15) is 19.4 Å². The molecule has 0 saturated heterocycles. The van der Waals surface area contributed by atoms with Gasteiger partial charge in [-0.2, -0.15) is 0 Å². The topological polar surface area (TPSA) is 62.9 Å². The van der Waals surface area contributed by atoms with Gasteiger partial charge in [-0.05, 0) is 43.7 Å². The first-order chi connectivity index (χ1) is 12.1. The molecule has 0 aliphatic rings. The lowest BCUT2D eigenvalue weighted by atomic mass is 9.89. The maximum Gasteiger partial charge on any atom is 0.162 e. The Morgan fingerprint density at radius 2 is 1.64 bits per heavy atom. The smallest absolute Gasteiger partial charge is 0.162 e. The van der Waals surface area contributed by atoms with Gasteiger partial charge in [-0.15, -0.1) is 0 Å². The van der Waals surface area contributed by atoms with Crippen LogP contribution in [0.2, 0.25) is 0 Å². The van der Waals surface area contributed by atoms with E-state index in [0.717, 1.165) is 11.3 Å². The van der Waals surface area contributed by atoms with Crippen LogP contribution in [-0.2, 0) is 10.3 Å². The average molecular weight is 345 g/mol. The van der Waals surface area contributed by atoms with Crippen LogP contribution in [0.15, 0.2) is 48.5 Å². The van der Waals surface area contributed by atoms with Crippen molar-refractivity contribution in [1.82, 2.24) is 0 Å².